The van der Waals surface area contributed by atoms with Crippen molar-refractivity contribution in [2.45, 2.75) is 0 Å². The Balaban J connectivity index is 2.86. The summed E-state index contributed by atoms with van der Waals surface area (Å²) in [5.41, 5.74) is -0.416. The van der Waals surface area contributed by atoms with Crippen LogP contribution in [0, 0.1) is 17.5 Å². The number of aromatic nitrogens is 1. The molecule has 18 heavy (non-hydrogen) atoms. The zero-order chi connectivity index (χ0) is 13.4. The van der Waals surface area contributed by atoms with Crippen LogP contribution < -0.4 is 0 Å². The Labute approximate surface area is 104 Å². The van der Waals surface area contributed by atoms with Crippen molar-refractivity contribution in [3.8, 4) is 0 Å². The predicted octanol–water partition coefficient (Wildman–Crippen LogP) is 3.09. The number of halogens is 4. The maximum Gasteiger partial charge on any atom is 0.340 e. The fraction of sp³-hybridized carbons (Fsp3) is 0.0909. The van der Waals surface area contributed by atoms with E-state index in [1.807, 2.05) is 0 Å². The highest BCUT2D eigenvalue weighted by molar-refractivity contribution is 6.38. The molecule has 94 valence electrons. The van der Waals surface area contributed by atoms with Gasteiger partial charge >= 0.3 is 5.97 Å². The van der Waals surface area contributed by atoms with Gasteiger partial charge in [0.15, 0.2) is 17.5 Å². The van der Waals surface area contributed by atoms with Crippen LogP contribution >= 0.6 is 11.6 Å². The second kappa shape index (κ2) is 4.45. The zero-order valence-electron chi connectivity index (χ0n) is 8.93. The molecule has 2 rings (SSSR count). The molecule has 0 spiro atoms. The van der Waals surface area contributed by atoms with Gasteiger partial charge in [0, 0.05) is 12.3 Å². The number of pyridine rings is 1. The molecule has 3 nitrogen and oxygen atoms in total. The molecule has 0 aliphatic heterocycles. The van der Waals surface area contributed by atoms with Crippen LogP contribution in [-0.2, 0) is 4.74 Å². The van der Waals surface area contributed by atoms with Crippen molar-refractivity contribution in [3.63, 3.8) is 0 Å². The number of ether oxygens (including phenoxy) is 1. The highest BCUT2D eigenvalue weighted by atomic mass is 35.5. The zero-order valence-corrected chi connectivity index (χ0v) is 9.69. The van der Waals surface area contributed by atoms with Crippen LogP contribution in [0.5, 0.6) is 0 Å². The molecule has 0 saturated heterocycles. The lowest BCUT2D eigenvalue weighted by Crippen LogP contribution is -2.05. The number of hydrogen-bond donors (Lipinski definition) is 0. The summed E-state index contributed by atoms with van der Waals surface area (Å²) in [5.74, 6) is -5.39. The summed E-state index contributed by atoms with van der Waals surface area (Å²) >= 11 is 5.77. The van der Waals surface area contributed by atoms with E-state index in [4.69, 9.17) is 11.6 Å². The number of fused-ring (bicyclic) bond motifs is 1. The van der Waals surface area contributed by atoms with Gasteiger partial charge in [-0.3, -0.25) is 4.98 Å². The van der Waals surface area contributed by atoms with E-state index >= 15 is 0 Å². The van der Waals surface area contributed by atoms with Crippen LogP contribution in [0.3, 0.4) is 0 Å². The lowest BCUT2D eigenvalue weighted by Gasteiger charge is -2.07. The van der Waals surface area contributed by atoms with Crippen LogP contribution in [0.25, 0.3) is 10.9 Å². The van der Waals surface area contributed by atoms with Crippen LogP contribution in [0.2, 0.25) is 5.02 Å². The van der Waals surface area contributed by atoms with Gasteiger partial charge in [-0.2, -0.15) is 0 Å². The summed E-state index contributed by atoms with van der Waals surface area (Å²) in [6.07, 6.45) is 1.01. The first-order valence-corrected chi connectivity index (χ1v) is 5.05. The monoisotopic (exact) mass is 275 g/mol. The number of nitrogens with zero attached hydrogens (tertiary/aromatic N) is 1. The number of hydrogen-bond acceptors (Lipinski definition) is 3. The van der Waals surface area contributed by atoms with Crippen molar-refractivity contribution >= 4 is 28.5 Å². The molecule has 0 bridgehead atoms. The van der Waals surface area contributed by atoms with Gasteiger partial charge in [-0.05, 0) is 0 Å². The Hall–Kier alpha value is -1.82. The first-order valence-electron chi connectivity index (χ1n) is 4.67. The van der Waals surface area contributed by atoms with Gasteiger partial charge in [0.25, 0.3) is 0 Å². The molecule has 0 radical (unpaired) electrons. The van der Waals surface area contributed by atoms with E-state index in [0.29, 0.717) is 6.07 Å². The predicted molar refractivity (Wildman–Crippen MR) is 58.0 cm³/mol. The fourth-order valence-electron chi connectivity index (χ4n) is 1.47. The number of methoxy groups -OCH3 is 1. The van der Waals surface area contributed by atoms with E-state index in [0.717, 1.165) is 13.3 Å². The Kier molecular flexibility index (Phi) is 3.13. The minimum absolute atomic E-state index is 0.191. The third-order valence-corrected chi connectivity index (χ3v) is 2.73. The van der Waals surface area contributed by atoms with Crippen molar-refractivity contribution in [1.29, 1.82) is 0 Å². The molecule has 2 aromatic rings. The Bertz CT molecular complexity index is 661. The molecule has 0 atom stereocenters. The Morgan fingerprint density at radius 1 is 1.33 bits per heavy atom. The highest BCUT2D eigenvalue weighted by Crippen LogP contribution is 2.30. The lowest BCUT2D eigenvalue weighted by molar-refractivity contribution is 0.0600. The molecule has 0 unspecified atom stereocenters. The topological polar surface area (TPSA) is 39.2 Å². The summed E-state index contributed by atoms with van der Waals surface area (Å²) in [5, 5.41) is -0.832. The SMILES string of the molecule is COC(=O)c1cnc2cc(F)c(F)c(F)c2c1Cl. The van der Waals surface area contributed by atoms with Crippen LogP contribution in [0.1, 0.15) is 10.4 Å². The third kappa shape index (κ3) is 1.78. The average Bonchev–Trinajstić information content (AvgIpc) is 2.35. The van der Waals surface area contributed by atoms with Crippen molar-refractivity contribution in [2.24, 2.45) is 0 Å². The normalized spacial score (nSPS) is 10.7. The van der Waals surface area contributed by atoms with Crippen LogP contribution in [0.15, 0.2) is 12.3 Å². The molecule has 1 heterocycles. The molecule has 1 aromatic heterocycles. The molecular formula is C11H5ClF3NO2. The minimum Gasteiger partial charge on any atom is -0.465 e. The van der Waals surface area contributed by atoms with E-state index in [1.165, 1.54) is 0 Å². The fourth-order valence-corrected chi connectivity index (χ4v) is 1.78. The third-order valence-electron chi connectivity index (χ3n) is 2.34. The summed E-state index contributed by atoms with van der Waals surface area (Å²) in [6, 6.07) is 0.695. The van der Waals surface area contributed by atoms with Crippen LogP contribution in [0.4, 0.5) is 13.2 Å². The molecule has 1 aromatic carbocycles. The summed E-state index contributed by atoms with van der Waals surface area (Å²) in [7, 11) is 1.10. The molecule has 0 aliphatic carbocycles. The number of carbonyl (C=O) groups is 1. The number of rotatable bonds is 1. The standard InChI is InChI=1S/C11H5ClF3NO2/c1-18-11(17)4-3-16-6-2-5(13)9(14)10(15)7(6)8(4)12/h2-3H,1H3. The molecule has 0 amide bonds. The Morgan fingerprint density at radius 2 is 2.00 bits per heavy atom. The first kappa shape index (κ1) is 12.6. The van der Waals surface area contributed by atoms with Gasteiger partial charge in [0.05, 0.1) is 28.6 Å². The molecule has 0 N–H and O–H groups in total. The molecular weight excluding hydrogens is 271 g/mol. The average molecular weight is 276 g/mol. The number of benzene rings is 1. The Morgan fingerprint density at radius 3 is 2.61 bits per heavy atom. The van der Waals surface area contributed by atoms with Crippen molar-refractivity contribution in [3.05, 3.63) is 40.3 Å². The van der Waals surface area contributed by atoms with Crippen molar-refractivity contribution in [1.82, 2.24) is 4.98 Å². The maximum atomic E-state index is 13.6. The van der Waals surface area contributed by atoms with E-state index < -0.39 is 28.8 Å². The number of carbonyl (C=O) groups excluding carboxylic acids is 1. The second-order valence-corrected chi connectivity index (χ2v) is 3.74. The van der Waals surface area contributed by atoms with E-state index in [-0.39, 0.29) is 16.1 Å². The molecule has 0 aliphatic rings. The van der Waals surface area contributed by atoms with E-state index in [1.54, 1.807) is 0 Å². The van der Waals surface area contributed by atoms with Crippen molar-refractivity contribution in [2.75, 3.05) is 7.11 Å². The lowest BCUT2D eigenvalue weighted by atomic mass is 10.1. The van der Waals surface area contributed by atoms with E-state index in [2.05, 4.69) is 9.72 Å². The van der Waals surface area contributed by atoms with Gasteiger partial charge in [-0.1, -0.05) is 11.6 Å². The molecule has 0 fully saturated rings. The second-order valence-electron chi connectivity index (χ2n) is 3.36. The number of esters is 1. The summed E-state index contributed by atoms with van der Waals surface area (Å²) in [4.78, 5) is 14.9. The van der Waals surface area contributed by atoms with Gasteiger partial charge in [0.2, 0.25) is 0 Å². The van der Waals surface area contributed by atoms with Gasteiger partial charge in [-0.25, -0.2) is 18.0 Å². The molecule has 7 heteroatoms. The van der Waals surface area contributed by atoms with Gasteiger partial charge in [-0.15, -0.1) is 0 Å². The van der Waals surface area contributed by atoms with Gasteiger partial charge < -0.3 is 4.74 Å². The van der Waals surface area contributed by atoms with Crippen LogP contribution in [-0.4, -0.2) is 18.1 Å². The summed E-state index contributed by atoms with van der Waals surface area (Å²) in [6.45, 7) is 0. The molecule has 0 saturated carbocycles. The largest absolute Gasteiger partial charge is 0.465 e. The maximum absolute atomic E-state index is 13.6. The quantitative estimate of drug-likeness (QED) is 0.593. The highest BCUT2D eigenvalue weighted by Gasteiger charge is 2.21. The smallest absolute Gasteiger partial charge is 0.340 e. The van der Waals surface area contributed by atoms with Gasteiger partial charge in [0.1, 0.15) is 0 Å². The first-order chi connectivity index (χ1) is 8.47. The van der Waals surface area contributed by atoms with Crippen molar-refractivity contribution < 1.29 is 22.7 Å². The van der Waals surface area contributed by atoms with E-state index in [9.17, 15) is 18.0 Å². The minimum atomic E-state index is -1.67. The summed E-state index contributed by atoms with van der Waals surface area (Å²) < 4.78 is 44.1.